The Labute approximate surface area is 129 Å². The lowest BCUT2D eigenvalue weighted by Crippen LogP contribution is -2.21. The zero-order chi connectivity index (χ0) is 14.9. The summed E-state index contributed by atoms with van der Waals surface area (Å²) >= 11 is 5.83. The molecule has 0 saturated carbocycles. The third kappa shape index (κ3) is 18.7. The van der Waals surface area contributed by atoms with Crippen molar-refractivity contribution in [2.75, 3.05) is 52.7 Å². The average Bonchev–Trinajstić information content (AvgIpc) is 2.41. The molecule has 0 aromatic rings. The Morgan fingerprint density at radius 3 is 2.00 bits per heavy atom. The van der Waals surface area contributed by atoms with E-state index in [-0.39, 0.29) is 5.44 Å². The summed E-state index contributed by atoms with van der Waals surface area (Å²) in [6.45, 7) is 6.26. The summed E-state index contributed by atoms with van der Waals surface area (Å²) in [5, 5.41) is 0. The van der Waals surface area contributed by atoms with Gasteiger partial charge in [0.2, 0.25) is 0 Å². The van der Waals surface area contributed by atoms with Crippen LogP contribution in [0.1, 0.15) is 13.8 Å². The molecule has 19 heavy (non-hydrogen) atoms. The molecule has 0 rings (SSSR count). The molecule has 0 bridgehead atoms. The Kier molecular flexibility index (Phi) is 21.7. The van der Waals surface area contributed by atoms with Gasteiger partial charge in [-0.3, -0.25) is 0 Å². The summed E-state index contributed by atoms with van der Waals surface area (Å²) in [6.07, 6.45) is 0. The Bertz CT molecular complexity index is 159. The van der Waals surface area contributed by atoms with E-state index in [2.05, 4.69) is 26.5 Å². The van der Waals surface area contributed by atoms with E-state index in [0.717, 1.165) is 11.5 Å². The fourth-order valence-corrected chi connectivity index (χ4v) is 2.38. The second-order valence-electron chi connectivity index (χ2n) is 3.23. The topological polar surface area (TPSA) is 46.2 Å². The zero-order valence-electron chi connectivity index (χ0n) is 12.6. The van der Waals surface area contributed by atoms with E-state index in [0.29, 0.717) is 19.8 Å². The third-order valence-corrected chi connectivity index (χ3v) is 4.07. The van der Waals surface area contributed by atoms with Crippen molar-refractivity contribution in [2.24, 2.45) is 0 Å². The van der Waals surface area contributed by atoms with Gasteiger partial charge < -0.3 is 22.8 Å². The normalized spacial score (nSPS) is 12.2. The maximum atomic E-state index is 5.44. The van der Waals surface area contributed by atoms with Crippen molar-refractivity contribution < 1.29 is 22.8 Å². The molecule has 0 saturated heterocycles. The predicted molar refractivity (Wildman–Crippen MR) is 86.4 cm³/mol. The van der Waals surface area contributed by atoms with E-state index in [1.807, 2.05) is 0 Å². The minimum absolute atomic E-state index is 0.287. The van der Waals surface area contributed by atoms with E-state index in [4.69, 9.17) is 22.8 Å². The van der Waals surface area contributed by atoms with Gasteiger partial charge in [0.05, 0.1) is 19.8 Å². The quantitative estimate of drug-likeness (QED) is 0.269. The van der Waals surface area contributed by atoms with E-state index < -0.39 is 9.53 Å². The molecule has 0 aliphatic rings. The van der Waals surface area contributed by atoms with Crippen LogP contribution in [0.3, 0.4) is 0 Å². The fraction of sp³-hybridized carbons (Fsp3) is 1.00. The molecule has 8 heteroatoms. The number of thioether (sulfide) groups is 1. The molecule has 0 aliphatic heterocycles. The first-order valence-corrected chi connectivity index (χ1v) is 9.25. The van der Waals surface area contributed by atoms with Crippen LogP contribution in [0.15, 0.2) is 0 Å². The van der Waals surface area contributed by atoms with Crippen molar-refractivity contribution in [3.8, 4) is 0 Å². The lowest BCUT2D eigenvalue weighted by Gasteiger charge is -2.10. The molecule has 0 N–H and O–H groups in total. The first kappa shape index (κ1) is 22.0. The van der Waals surface area contributed by atoms with Gasteiger partial charge >= 0.3 is 9.53 Å². The Morgan fingerprint density at radius 2 is 1.63 bits per heavy atom. The van der Waals surface area contributed by atoms with Crippen LogP contribution in [-0.4, -0.2) is 67.6 Å². The molecule has 1 unspecified atom stereocenters. The molecule has 0 radical (unpaired) electrons. The molecule has 1 atom stereocenters. The highest BCUT2D eigenvalue weighted by Crippen LogP contribution is 2.09. The molecular formula is C11H28O5S2Si. The van der Waals surface area contributed by atoms with Crippen molar-refractivity contribution >= 4 is 33.9 Å². The summed E-state index contributed by atoms with van der Waals surface area (Å²) in [6, 6.07) is 0. The van der Waals surface area contributed by atoms with Crippen LogP contribution >= 0.6 is 24.4 Å². The highest BCUT2D eigenvalue weighted by atomic mass is 32.2. The zero-order valence-corrected chi connectivity index (χ0v) is 15.5. The van der Waals surface area contributed by atoms with Gasteiger partial charge in [0.1, 0.15) is 5.44 Å². The van der Waals surface area contributed by atoms with Gasteiger partial charge in [-0.2, -0.15) is 12.6 Å². The molecule has 0 fully saturated rings. The van der Waals surface area contributed by atoms with Gasteiger partial charge in [-0.1, -0.05) is 6.92 Å². The van der Waals surface area contributed by atoms with Crippen LogP contribution in [0, 0.1) is 0 Å². The van der Waals surface area contributed by atoms with E-state index in [9.17, 15) is 0 Å². The van der Waals surface area contributed by atoms with E-state index in [1.165, 1.54) is 0 Å². The molecule has 0 heterocycles. The summed E-state index contributed by atoms with van der Waals surface area (Å²) in [4.78, 5) is 0. The van der Waals surface area contributed by atoms with Crippen LogP contribution in [0.25, 0.3) is 0 Å². The van der Waals surface area contributed by atoms with Crippen LogP contribution < -0.4 is 0 Å². The van der Waals surface area contributed by atoms with Gasteiger partial charge in [0.15, 0.2) is 0 Å². The molecule has 118 valence electrons. The lowest BCUT2D eigenvalue weighted by atomic mass is 10.7. The van der Waals surface area contributed by atoms with Crippen LogP contribution in [0.2, 0.25) is 0 Å². The van der Waals surface area contributed by atoms with Crippen molar-refractivity contribution in [2.45, 2.75) is 19.3 Å². The Morgan fingerprint density at radius 1 is 1.05 bits per heavy atom. The van der Waals surface area contributed by atoms with Crippen LogP contribution in [-0.2, 0) is 22.8 Å². The average molecular weight is 333 g/mol. The first-order valence-electron chi connectivity index (χ1n) is 6.16. The highest BCUT2D eigenvalue weighted by molar-refractivity contribution is 7.99. The highest BCUT2D eigenvalue weighted by Gasteiger charge is 2.05. The van der Waals surface area contributed by atoms with E-state index in [1.54, 1.807) is 33.1 Å². The van der Waals surface area contributed by atoms with Gasteiger partial charge in [0, 0.05) is 27.1 Å². The van der Waals surface area contributed by atoms with Gasteiger partial charge in [-0.05, 0) is 12.7 Å². The second kappa shape index (κ2) is 18.7. The van der Waals surface area contributed by atoms with Crippen molar-refractivity contribution in [1.29, 1.82) is 0 Å². The molecule has 5 nitrogen and oxygen atoms in total. The Hall–Kier alpha value is 0.717. The molecule has 0 amide bonds. The summed E-state index contributed by atoms with van der Waals surface area (Å²) in [5.41, 5.74) is 0.287. The largest absolute Gasteiger partial charge is 0.483 e. The number of thiol groups is 1. The molecule has 0 aromatic carbocycles. The molecule has 0 aliphatic carbocycles. The van der Waals surface area contributed by atoms with Crippen LogP contribution in [0.5, 0.6) is 0 Å². The number of hydrogen-bond donors (Lipinski definition) is 1. The fourth-order valence-electron chi connectivity index (χ4n) is 1.01. The predicted octanol–water partition coefficient (Wildman–Crippen LogP) is 1.69. The molecule has 0 aromatic heterocycles. The maximum absolute atomic E-state index is 5.44. The number of ether oxygens (including phenoxy) is 2. The first-order chi connectivity index (χ1) is 9.15. The van der Waals surface area contributed by atoms with E-state index >= 15 is 0 Å². The second-order valence-corrected chi connectivity index (χ2v) is 7.24. The third-order valence-electron chi connectivity index (χ3n) is 1.79. The summed E-state index contributed by atoms with van der Waals surface area (Å²) < 4.78 is 24.9. The van der Waals surface area contributed by atoms with Crippen molar-refractivity contribution in [3.05, 3.63) is 0 Å². The lowest BCUT2D eigenvalue weighted by molar-refractivity contribution is 0.0483. The van der Waals surface area contributed by atoms with Gasteiger partial charge in [0.25, 0.3) is 0 Å². The monoisotopic (exact) mass is 332 g/mol. The minimum Gasteiger partial charge on any atom is -0.379 e. The molecular weight excluding hydrogens is 304 g/mol. The van der Waals surface area contributed by atoms with Crippen LogP contribution in [0.4, 0.5) is 0 Å². The Balaban J connectivity index is 0. The minimum atomic E-state index is -1.67. The SMILES string of the molecule is CCSC(C)OCCOCCS.CO[SiH](OC)OC. The number of rotatable bonds is 11. The maximum Gasteiger partial charge on any atom is 0.483 e. The van der Waals surface area contributed by atoms with Gasteiger partial charge in [-0.25, -0.2) is 0 Å². The number of hydrogen-bond acceptors (Lipinski definition) is 7. The smallest absolute Gasteiger partial charge is 0.379 e. The summed E-state index contributed by atoms with van der Waals surface area (Å²) in [7, 11) is 3.05. The van der Waals surface area contributed by atoms with Crippen molar-refractivity contribution in [3.63, 3.8) is 0 Å². The molecule has 0 spiro atoms. The van der Waals surface area contributed by atoms with Gasteiger partial charge in [-0.15, -0.1) is 11.8 Å². The van der Waals surface area contributed by atoms with Crippen molar-refractivity contribution in [1.82, 2.24) is 0 Å². The summed E-state index contributed by atoms with van der Waals surface area (Å²) in [5.74, 6) is 1.87. The standard InChI is InChI=1S/C8H18O2S2.C3H10O3Si/c1-3-12-8(2)10-5-4-9-6-7-11;1-4-7(5-2)6-3/h8,11H,3-7H2,1-2H3;7H,1-3H3.